The van der Waals surface area contributed by atoms with Gasteiger partial charge in [0.15, 0.2) is 0 Å². The van der Waals surface area contributed by atoms with Gasteiger partial charge in [0, 0.05) is 6.54 Å². The Hall–Kier alpha value is -1.14. The molecular weight excluding hydrogens is 240 g/mol. The molecule has 1 aromatic rings. The van der Waals surface area contributed by atoms with Crippen LogP contribution in [0.2, 0.25) is 5.02 Å². The average Bonchev–Trinajstić information content (AvgIpc) is 2.20. The van der Waals surface area contributed by atoms with Crippen LogP contribution in [-0.2, 0) is 4.74 Å². The minimum atomic E-state index is -2.45. The van der Waals surface area contributed by atoms with Crippen LogP contribution in [0.1, 0.15) is 0 Å². The normalized spacial score (nSPS) is 10.8. The van der Waals surface area contributed by atoms with E-state index in [1.807, 2.05) is 0 Å². The number of hydrogen-bond donors (Lipinski definition) is 2. The number of alkyl halides is 2. The van der Waals surface area contributed by atoms with E-state index in [9.17, 15) is 8.78 Å². The highest BCUT2D eigenvalue weighted by atomic mass is 35.5. The van der Waals surface area contributed by atoms with Crippen LogP contribution in [0.4, 0.5) is 20.3 Å². The molecular formula is C9H12ClF2N3O. The predicted octanol–water partition coefficient (Wildman–Crippen LogP) is 2.01. The largest absolute Gasteiger partial charge is 0.397 e. The second-order valence-corrected chi connectivity index (χ2v) is 3.40. The van der Waals surface area contributed by atoms with E-state index in [4.69, 9.17) is 17.3 Å². The molecule has 0 saturated carbocycles. The second kappa shape index (κ2) is 6.44. The fraction of sp³-hybridized carbons (Fsp3) is 0.444. The number of nitrogen functional groups attached to an aromatic ring is 1. The van der Waals surface area contributed by atoms with Crippen molar-refractivity contribution >= 4 is 23.1 Å². The van der Waals surface area contributed by atoms with E-state index in [0.717, 1.165) is 0 Å². The highest BCUT2D eigenvalue weighted by molar-refractivity contribution is 6.33. The summed E-state index contributed by atoms with van der Waals surface area (Å²) < 4.78 is 28.1. The highest BCUT2D eigenvalue weighted by Gasteiger charge is 2.03. The zero-order valence-electron chi connectivity index (χ0n) is 8.42. The van der Waals surface area contributed by atoms with Gasteiger partial charge in [-0.3, -0.25) is 0 Å². The number of pyridine rings is 1. The Kier molecular flexibility index (Phi) is 5.21. The standard InChI is InChI=1S/C9H12ClF2N3O/c10-7-3-6(13)4-15-9(7)14-1-2-16-5-8(11)12/h3-4,8H,1-2,5,13H2,(H,14,15). The smallest absolute Gasteiger partial charge is 0.261 e. The number of ether oxygens (including phenoxy) is 1. The Bertz CT molecular complexity index is 339. The van der Waals surface area contributed by atoms with Crippen LogP contribution in [0.5, 0.6) is 0 Å². The molecule has 1 rings (SSSR count). The van der Waals surface area contributed by atoms with E-state index in [1.165, 1.54) is 6.20 Å². The third kappa shape index (κ3) is 4.59. The molecule has 0 aromatic carbocycles. The molecule has 0 fully saturated rings. The van der Waals surface area contributed by atoms with E-state index < -0.39 is 13.0 Å². The van der Waals surface area contributed by atoms with Crippen LogP contribution in [0.15, 0.2) is 12.3 Å². The van der Waals surface area contributed by atoms with Gasteiger partial charge in [-0.25, -0.2) is 13.8 Å². The van der Waals surface area contributed by atoms with Crippen LogP contribution in [-0.4, -0.2) is 31.2 Å². The van der Waals surface area contributed by atoms with E-state index in [-0.39, 0.29) is 6.61 Å². The van der Waals surface area contributed by atoms with E-state index in [2.05, 4.69) is 15.0 Å². The molecule has 4 nitrogen and oxygen atoms in total. The van der Waals surface area contributed by atoms with Crippen molar-refractivity contribution in [3.05, 3.63) is 17.3 Å². The summed E-state index contributed by atoms with van der Waals surface area (Å²) in [6.45, 7) is -0.0549. The van der Waals surface area contributed by atoms with Crippen molar-refractivity contribution in [1.82, 2.24) is 4.98 Å². The first kappa shape index (κ1) is 12.9. The Morgan fingerprint density at radius 3 is 2.94 bits per heavy atom. The molecule has 16 heavy (non-hydrogen) atoms. The number of nitrogens with one attached hydrogen (secondary N) is 1. The Morgan fingerprint density at radius 2 is 2.31 bits per heavy atom. The Labute approximate surface area is 96.7 Å². The van der Waals surface area contributed by atoms with Gasteiger partial charge in [-0.2, -0.15) is 0 Å². The third-order valence-electron chi connectivity index (χ3n) is 1.65. The van der Waals surface area contributed by atoms with Crippen LogP contribution >= 0.6 is 11.6 Å². The van der Waals surface area contributed by atoms with Gasteiger partial charge >= 0.3 is 0 Å². The summed E-state index contributed by atoms with van der Waals surface area (Å²) in [4.78, 5) is 3.94. The van der Waals surface area contributed by atoms with Gasteiger partial charge in [-0.05, 0) is 6.07 Å². The van der Waals surface area contributed by atoms with E-state index in [1.54, 1.807) is 6.07 Å². The van der Waals surface area contributed by atoms with Gasteiger partial charge in [0.2, 0.25) is 0 Å². The summed E-state index contributed by atoms with van der Waals surface area (Å²) in [6.07, 6.45) is -0.993. The maximum atomic E-state index is 11.7. The zero-order chi connectivity index (χ0) is 12.0. The van der Waals surface area contributed by atoms with Gasteiger partial charge in [0.25, 0.3) is 6.43 Å². The summed E-state index contributed by atoms with van der Waals surface area (Å²) in [5.74, 6) is 0.455. The first-order chi connectivity index (χ1) is 7.59. The van der Waals surface area contributed by atoms with Crippen LogP contribution in [0.3, 0.4) is 0 Å². The lowest BCUT2D eigenvalue weighted by atomic mass is 10.4. The lowest BCUT2D eigenvalue weighted by Gasteiger charge is -2.08. The first-order valence-corrected chi connectivity index (χ1v) is 4.98. The molecule has 0 radical (unpaired) electrons. The molecule has 1 aromatic heterocycles. The average molecular weight is 252 g/mol. The van der Waals surface area contributed by atoms with E-state index >= 15 is 0 Å². The summed E-state index contributed by atoms with van der Waals surface area (Å²) >= 11 is 5.83. The van der Waals surface area contributed by atoms with Crippen molar-refractivity contribution in [2.45, 2.75) is 6.43 Å². The molecule has 0 saturated heterocycles. The minimum absolute atomic E-state index is 0.159. The maximum absolute atomic E-state index is 11.7. The summed E-state index contributed by atoms with van der Waals surface area (Å²) in [5.41, 5.74) is 5.92. The van der Waals surface area contributed by atoms with Crippen molar-refractivity contribution in [2.75, 3.05) is 30.8 Å². The molecule has 0 amide bonds. The molecule has 1 heterocycles. The molecule has 0 atom stereocenters. The number of anilines is 2. The fourth-order valence-corrected chi connectivity index (χ4v) is 1.24. The van der Waals surface area contributed by atoms with Crippen LogP contribution in [0.25, 0.3) is 0 Å². The van der Waals surface area contributed by atoms with Crippen LogP contribution in [0, 0.1) is 0 Å². The number of rotatable bonds is 6. The number of halogens is 3. The highest BCUT2D eigenvalue weighted by Crippen LogP contribution is 2.20. The van der Waals surface area contributed by atoms with Crippen molar-refractivity contribution in [3.8, 4) is 0 Å². The van der Waals surface area contributed by atoms with Crippen LogP contribution < -0.4 is 11.1 Å². The molecule has 0 aliphatic carbocycles. The number of hydrogen-bond acceptors (Lipinski definition) is 4. The molecule has 3 N–H and O–H groups in total. The predicted molar refractivity (Wildman–Crippen MR) is 59.0 cm³/mol. The summed E-state index contributed by atoms with van der Waals surface area (Å²) in [7, 11) is 0. The Balaban J connectivity index is 2.27. The van der Waals surface area contributed by atoms with Crippen molar-refractivity contribution < 1.29 is 13.5 Å². The van der Waals surface area contributed by atoms with Gasteiger partial charge in [-0.15, -0.1) is 0 Å². The lowest BCUT2D eigenvalue weighted by Crippen LogP contribution is -2.13. The van der Waals surface area contributed by atoms with E-state index in [0.29, 0.717) is 23.1 Å². The first-order valence-electron chi connectivity index (χ1n) is 4.60. The number of aromatic nitrogens is 1. The molecule has 0 aliphatic heterocycles. The molecule has 7 heteroatoms. The van der Waals surface area contributed by atoms with Crippen molar-refractivity contribution in [2.24, 2.45) is 0 Å². The molecule has 0 aliphatic rings. The van der Waals surface area contributed by atoms with Gasteiger partial charge < -0.3 is 15.8 Å². The minimum Gasteiger partial charge on any atom is -0.397 e. The topological polar surface area (TPSA) is 60.2 Å². The summed E-state index contributed by atoms with van der Waals surface area (Å²) in [5, 5.41) is 3.23. The monoisotopic (exact) mass is 251 g/mol. The summed E-state index contributed by atoms with van der Waals surface area (Å²) in [6, 6.07) is 1.55. The number of nitrogens with two attached hydrogens (primary N) is 1. The second-order valence-electron chi connectivity index (χ2n) is 2.99. The third-order valence-corrected chi connectivity index (χ3v) is 1.93. The molecule has 90 valence electrons. The van der Waals surface area contributed by atoms with Crippen molar-refractivity contribution in [3.63, 3.8) is 0 Å². The SMILES string of the molecule is Nc1cnc(NCCOCC(F)F)c(Cl)c1. The number of nitrogens with zero attached hydrogens (tertiary/aromatic N) is 1. The Morgan fingerprint density at radius 1 is 1.56 bits per heavy atom. The van der Waals surface area contributed by atoms with Gasteiger partial charge in [0.05, 0.1) is 23.5 Å². The zero-order valence-corrected chi connectivity index (χ0v) is 9.18. The molecule has 0 spiro atoms. The van der Waals surface area contributed by atoms with Gasteiger partial charge in [-0.1, -0.05) is 11.6 Å². The lowest BCUT2D eigenvalue weighted by molar-refractivity contribution is 0.0215. The maximum Gasteiger partial charge on any atom is 0.261 e. The molecule has 0 bridgehead atoms. The molecule has 0 unspecified atom stereocenters. The fourth-order valence-electron chi connectivity index (χ4n) is 0.997. The van der Waals surface area contributed by atoms with Crippen molar-refractivity contribution in [1.29, 1.82) is 0 Å². The quantitative estimate of drug-likeness (QED) is 0.760. The van der Waals surface area contributed by atoms with Gasteiger partial charge in [0.1, 0.15) is 12.4 Å².